The average Bonchev–Trinajstić information content (AvgIpc) is 2.35. The summed E-state index contributed by atoms with van der Waals surface area (Å²) < 4.78 is 10.9. The summed E-state index contributed by atoms with van der Waals surface area (Å²) in [7, 11) is 0. The average molecular weight is 223 g/mol. The molecule has 0 amide bonds. The third-order valence-corrected chi connectivity index (χ3v) is 2.64. The molecule has 0 radical (unpaired) electrons. The van der Waals surface area contributed by atoms with Crippen LogP contribution in [0.4, 0.5) is 0 Å². The maximum atomic E-state index is 8.84. The van der Waals surface area contributed by atoms with Crippen LogP contribution in [-0.2, 0) is 6.42 Å². The van der Waals surface area contributed by atoms with Gasteiger partial charge in [-0.15, -0.1) is 0 Å². The van der Waals surface area contributed by atoms with Crippen molar-refractivity contribution in [2.24, 2.45) is 5.73 Å². The van der Waals surface area contributed by atoms with Crippen LogP contribution in [0.1, 0.15) is 12.0 Å². The maximum Gasteiger partial charge on any atom is 0.161 e. The van der Waals surface area contributed by atoms with Gasteiger partial charge in [0.25, 0.3) is 0 Å². The minimum Gasteiger partial charge on any atom is -0.486 e. The summed E-state index contributed by atoms with van der Waals surface area (Å²) >= 11 is 0. The van der Waals surface area contributed by atoms with E-state index in [9.17, 15) is 0 Å². The Labute approximate surface area is 95.0 Å². The first-order valence-electron chi connectivity index (χ1n) is 5.54. The normalized spacial score (nSPS) is 15.9. The van der Waals surface area contributed by atoms with Gasteiger partial charge in [0.1, 0.15) is 13.2 Å². The molecule has 1 aromatic carbocycles. The highest BCUT2D eigenvalue weighted by Gasteiger charge is 2.11. The van der Waals surface area contributed by atoms with E-state index in [0.717, 1.165) is 29.9 Å². The Kier molecular flexibility index (Phi) is 3.64. The SMILES string of the molecule is NC(CO)CCc1ccc2c(c1)OCCO2. The molecule has 4 nitrogen and oxygen atoms in total. The summed E-state index contributed by atoms with van der Waals surface area (Å²) in [5.41, 5.74) is 6.81. The standard InChI is InChI=1S/C12H17NO3/c13-10(8-14)3-1-9-2-4-11-12(7-9)16-6-5-15-11/h2,4,7,10,14H,1,3,5-6,8,13H2. The zero-order chi connectivity index (χ0) is 11.4. The van der Waals surface area contributed by atoms with Gasteiger partial charge >= 0.3 is 0 Å². The molecule has 1 unspecified atom stereocenters. The van der Waals surface area contributed by atoms with Gasteiger partial charge in [-0.1, -0.05) is 6.07 Å². The van der Waals surface area contributed by atoms with Crippen molar-refractivity contribution in [3.63, 3.8) is 0 Å². The van der Waals surface area contributed by atoms with E-state index < -0.39 is 0 Å². The summed E-state index contributed by atoms with van der Waals surface area (Å²) in [6.45, 7) is 1.25. The molecule has 16 heavy (non-hydrogen) atoms. The predicted molar refractivity (Wildman–Crippen MR) is 60.8 cm³/mol. The van der Waals surface area contributed by atoms with E-state index in [1.807, 2.05) is 18.2 Å². The van der Waals surface area contributed by atoms with Gasteiger partial charge in [-0.25, -0.2) is 0 Å². The van der Waals surface area contributed by atoms with Gasteiger partial charge < -0.3 is 20.3 Å². The summed E-state index contributed by atoms with van der Waals surface area (Å²) in [4.78, 5) is 0. The largest absolute Gasteiger partial charge is 0.486 e. The Bertz CT molecular complexity index is 354. The molecular formula is C12H17NO3. The second-order valence-corrected chi connectivity index (χ2v) is 3.96. The minimum absolute atomic E-state index is 0.0323. The Morgan fingerprint density at radius 2 is 2.00 bits per heavy atom. The number of hydrogen-bond donors (Lipinski definition) is 2. The molecule has 1 heterocycles. The number of aryl methyl sites for hydroxylation is 1. The van der Waals surface area contributed by atoms with E-state index in [-0.39, 0.29) is 12.6 Å². The first kappa shape index (κ1) is 11.2. The second-order valence-electron chi connectivity index (χ2n) is 3.96. The van der Waals surface area contributed by atoms with Crippen molar-refractivity contribution in [2.45, 2.75) is 18.9 Å². The Balaban J connectivity index is 2.00. The van der Waals surface area contributed by atoms with Crippen LogP contribution in [0.25, 0.3) is 0 Å². The molecule has 3 N–H and O–H groups in total. The lowest BCUT2D eigenvalue weighted by atomic mass is 10.1. The number of hydrogen-bond acceptors (Lipinski definition) is 4. The third kappa shape index (κ3) is 2.65. The zero-order valence-corrected chi connectivity index (χ0v) is 9.19. The molecule has 88 valence electrons. The van der Waals surface area contributed by atoms with Gasteiger partial charge in [-0.3, -0.25) is 0 Å². The van der Waals surface area contributed by atoms with E-state index in [4.69, 9.17) is 20.3 Å². The van der Waals surface area contributed by atoms with Crippen molar-refractivity contribution in [3.8, 4) is 11.5 Å². The van der Waals surface area contributed by atoms with Crippen molar-refractivity contribution < 1.29 is 14.6 Å². The molecule has 0 fully saturated rings. The predicted octanol–water partition coefficient (Wildman–Crippen LogP) is 0.710. The van der Waals surface area contributed by atoms with Gasteiger partial charge in [-0.05, 0) is 30.5 Å². The molecule has 4 heteroatoms. The molecule has 0 saturated heterocycles. The van der Waals surface area contributed by atoms with Gasteiger partial charge in [-0.2, -0.15) is 0 Å². The number of fused-ring (bicyclic) bond motifs is 1. The van der Waals surface area contributed by atoms with Crippen LogP contribution in [0.3, 0.4) is 0 Å². The summed E-state index contributed by atoms with van der Waals surface area (Å²) in [6, 6.07) is 5.78. The molecule has 0 bridgehead atoms. The number of ether oxygens (including phenoxy) is 2. The van der Waals surface area contributed by atoms with Crippen LogP contribution in [-0.4, -0.2) is 31.0 Å². The topological polar surface area (TPSA) is 64.7 Å². The number of rotatable bonds is 4. The van der Waals surface area contributed by atoms with Crippen molar-refractivity contribution in [2.75, 3.05) is 19.8 Å². The third-order valence-electron chi connectivity index (χ3n) is 2.64. The van der Waals surface area contributed by atoms with Crippen LogP contribution < -0.4 is 15.2 Å². The molecule has 0 aliphatic carbocycles. The smallest absolute Gasteiger partial charge is 0.161 e. The second kappa shape index (κ2) is 5.18. The van der Waals surface area contributed by atoms with Crippen molar-refractivity contribution >= 4 is 0 Å². The molecule has 1 aliphatic rings. The van der Waals surface area contributed by atoms with Gasteiger partial charge in [0.2, 0.25) is 0 Å². The van der Waals surface area contributed by atoms with Crippen LogP contribution in [0, 0.1) is 0 Å². The minimum atomic E-state index is -0.145. The Morgan fingerprint density at radius 1 is 1.25 bits per heavy atom. The van der Waals surface area contributed by atoms with Crippen LogP contribution in [0.15, 0.2) is 18.2 Å². The molecule has 0 saturated carbocycles. The van der Waals surface area contributed by atoms with E-state index in [1.54, 1.807) is 0 Å². The van der Waals surface area contributed by atoms with Crippen LogP contribution in [0.2, 0.25) is 0 Å². The highest BCUT2D eigenvalue weighted by molar-refractivity contribution is 5.43. The lowest BCUT2D eigenvalue weighted by Crippen LogP contribution is -2.24. The maximum absolute atomic E-state index is 8.84. The lowest BCUT2D eigenvalue weighted by Gasteiger charge is -2.19. The van der Waals surface area contributed by atoms with E-state index in [0.29, 0.717) is 13.2 Å². The van der Waals surface area contributed by atoms with Crippen molar-refractivity contribution in [1.29, 1.82) is 0 Å². The molecule has 0 aromatic heterocycles. The highest BCUT2D eigenvalue weighted by Crippen LogP contribution is 2.31. The van der Waals surface area contributed by atoms with Crippen molar-refractivity contribution in [3.05, 3.63) is 23.8 Å². The highest BCUT2D eigenvalue weighted by atomic mass is 16.6. The fraction of sp³-hybridized carbons (Fsp3) is 0.500. The molecule has 2 rings (SSSR count). The number of nitrogens with two attached hydrogens (primary N) is 1. The van der Waals surface area contributed by atoms with E-state index in [2.05, 4.69) is 0 Å². The molecule has 1 aromatic rings. The molecule has 0 spiro atoms. The van der Waals surface area contributed by atoms with Gasteiger partial charge in [0.05, 0.1) is 6.61 Å². The number of benzene rings is 1. The molecule has 1 atom stereocenters. The van der Waals surface area contributed by atoms with Crippen LogP contribution >= 0.6 is 0 Å². The van der Waals surface area contributed by atoms with E-state index in [1.165, 1.54) is 0 Å². The van der Waals surface area contributed by atoms with Gasteiger partial charge in [0, 0.05) is 6.04 Å². The zero-order valence-electron chi connectivity index (χ0n) is 9.19. The molecular weight excluding hydrogens is 206 g/mol. The number of aliphatic hydroxyl groups is 1. The van der Waals surface area contributed by atoms with E-state index >= 15 is 0 Å². The fourth-order valence-electron chi connectivity index (χ4n) is 1.69. The Hall–Kier alpha value is -1.26. The van der Waals surface area contributed by atoms with Crippen molar-refractivity contribution in [1.82, 2.24) is 0 Å². The quantitative estimate of drug-likeness (QED) is 0.789. The lowest BCUT2D eigenvalue weighted by molar-refractivity contribution is 0.171. The summed E-state index contributed by atoms with van der Waals surface area (Å²) in [5.74, 6) is 1.61. The summed E-state index contributed by atoms with van der Waals surface area (Å²) in [5, 5.41) is 8.84. The Morgan fingerprint density at radius 3 is 2.75 bits per heavy atom. The first-order valence-corrected chi connectivity index (χ1v) is 5.54. The first-order chi connectivity index (χ1) is 7.79. The molecule has 1 aliphatic heterocycles. The van der Waals surface area contributed by atoms with Crippen LogP contribution in [0.5, 0.6) is 11.5 Å². The summed E-state index contributed by atoms with van der Waals surface area (Å²) in [6.07, 6.45) is 1.62. The monoisotopic (exact) mass is 223 g/mol. The fourth-order valence-corrected chi connectivity index (χ4v) is 1.69. The van der Waals surface area contributed by atoms with Gasteiger partial charge in [0.15, 0.2) is 11.5 Å². The number of aliphatic hydroxyl groups excluding tert-OH is 1.